The van der Waals surface area contributed by atoms with Gasteiger partial charge in [-0.3, -0.25) is 0 Å². The minimum atomic E-state index is 1.03. The Labute approximate surface area is 119 Å². The lowest BCUT2D eigenvalue weighted by molar-refractivity contribution is 1.31. The van der Waals surface area contributed by atoms with E-state index in [-0.39, 0.29) is 0 Å². The smallest absolute Gasteiger partial charge is 0.0454 e. The van der Waals surface area contributed by atoms with Crippen molar-refractivity contribution in [1.29, 1.82) is 0 Å². The van der Waals surface area contributed by atoms with Crippen LogP contribution in [0, 0.1) is 0 Å². The monoisotopic (exact) mass is 264 g/mol. The van der Waals surface area contributed by atoms with Crippen LogP contribution in [0.1, 0.15) is 25.1 Å². The molecule has 0 aliphatic rings. The van der Waals surface area contributed by atoms with Crippen LogP contribution in [0.2, 0.25) is 0 Å². The maximum absolute atomic E-state index is 3.86. The summed E-state index contributed by atoms with van der Waals surface area (Å²) in [6, 6.07) is 0. The van der Waals surface area contributed by atoms with Crippen molar-refractivity contribution in [2.24, 2.45) is 0 Å². The fourth-order valence-electron chi connectivity index (χ4n) is 2.40. The van der Waals surface area contributed by atoms with Crippen molar-refractivity contribution >= 4 is 24.3 Å². The molecule has 0 aromatic carbocycles. The van der Waals surface area contributed by atoms with Gasteiger partial charge in [-0.25, -0.2) is 0 Å². The number of nitrogens with one attached hydrogen (secondary N) is 2. The molecule has 0 atom stereocenters. The quantitative estimate of drug-likeness (QED) is 0.847. The highest BCUT2D eigenvalue weighted by Gasteiger charge is 2.10. The van der Waals surface area contributed by atoms with Crippen LogP contribution < -0.4 is 10.6 Å². The van der Waals surface area contributed by atoms with E-state index in [1.165, 1.54) is 0 Å². The molecule has 0 saturated carbocycles. The lowest BCUT2D eigenvalue weighted by Crippen LogP contribution is -2.23. The minimum absolute atomic E-state index is 1.03. The van der Waals surface area contributed by atoms with E-state index in [9.17, 15) is 0 Å². The number of aromatic nitrogens is 2. The topological polar surface area (TPSA) is 31.6 Å². The minimum Gasteiger partial charge on any atom is -0.361 e. The molecule has 2 heteroatoms. The van der Waals surface area contributed by atoms with Gasteiger partial charge in [0.25, 0.3) is 0 Å². The molecule has 20 heavy (non-hydrogen) atoms. The summed E-state index contributed by atoms with van der Waals surface area (Å²) >= 11 is 0. The van der Waals surface area contributed by atoms with Crippen LogP contribution >= 0.6 is 0 Å². The molecule has 0 unspecified atom stereocenters. The first-order chi connectivity index (χ1) is 9.76. The van der Waals surface area contributed by atoms with Gasteiger partial charge in [0.2, 0.25) is 0 Å². The molecule has 2 heterocycles. The summed E-state index contributed by atoms with van der Waals surface area (Å²) in [5.41, 5.74) is 4.51. The summed E-state index contributed by atoms with van der Waals surface area (Å²) in [5, 5.41) is 2.26. The van der Waals surface area contributed by atoms with Crippen molar-refractivity contribution in [1.82, 2.24) is 9.97 Å². The Bertz CT molecular complexity index is 767. The lowest BCUT2D eigenvalue weighted by atomic mass is 10.0. The molecule has 2 N–H and O–H groups in total. The predicted molar refractivity (Wildman–Crippen MR) is 89.4 cm³/mol. The van der Waals surface area contributed by atoms with Crippen LogP contribution in [0.15, 0.2) is 37.7 Å². The Balaban J connectivity index is 2.79. The summed E-state index contributed by atoms with van der Waals surface area (Å²) in [5.74, 6) is 0. The molecule has 0 aliphatic heterocycles. The lowest BCUT2D eigenvalue weighted by Gasteiger charge is -1.99. The van der Waals surface area contributed by atoms with Crippen LogP contribution in [-0.4, -0.2) is 9.97 Å². The third-order valence-corrected chi connectivity index (χ3v) is 3.31. The standard InChI is InChI=1S/C18H20N2/c1-5-9-13-15(11-19-17(13)7-3)16-12-20-18(8-4)14(16)10-6-2/h5-12,19-20H,1,4H2,2-3H3/b10-6-,13-9-,17-7+. The van der Waals surface area contributed by atoms with Crippen LogP contribution in [0.25, 0.3) is 35.4 Å². The van der Waals surface area contributed by atoms with Crippen molar-refractivity contribution < 1.29 is 0 Å². The number of H-pyrrole nitrogens is 2. The number of allylic oxidation sites excluding steroid dienone is 2. The zero-order valence-electron chi connectivity index (χ0n) is 12.0. The predicted octanol–water partition coefficient (Wildman–Crippen LogP) is 3.45. The average molecular weight is 264 g/mol. The van der Waals surface area contributed by atoms with Gasteiger partial charge >= 0.3 is 0 Å². The third kappa shape index (κ3) is 2.32. The van der Waals surface area contributed by atoms with Crippen LogP contribution in [-0.2, 0) is 0 Å². The molecule has 2 rings (SSSR count). The highest BCUT2D eigenvalue weighted by Crippen LogP contribution is 2.25. The Morgan fingerprint density at radius 2 is 1.80 bits per heavy atom. The molecule has 2 aromatic heterocycles. The van der Waals surface area contributed by atoms with Gasteiger partial charge in [0, 0.05) is 45.3 Å². The Morgan fingerprint density at radius 3 is 2.40 bits per heavy atom. The maximum atomic E-state index is 3.86. The first-order valence-electron chi connectivity index (χ1n) is 6.70. The zero-order valence-corrected chi connectivity index (χ0v) is 12.0. The Hall–Kier alpha value is -2.48. The molecular formula is C18H20N2. The summed E-state index contributed by atoms with van der Waals surface area (Å²) in [6.07, 6.45) is 15.9. The molecule has 0 saturated heterocycles. The van der Waals surface area contributed by atoms with Gasteiger partial charge in [0.15, 0.2) is 0 Å². The van der Waals surface area contributed by atoms with E-state index in [4.69, 9.17) is 0 Å². The van der Waals surface area contributed by atoms with Gasteiger partial charge in [-0.2, -0.15) is 0 Å². The molecule has 102 valence electrons. The van der Waals surface area contributed by atoms with Crippen molar-refractivity contribution in [3.05, 3.63) is 59.5 Å². The summed E-state index contributed by atoms with van der Waals surface area (Å²) in [4.78, 5) is 6.58. The highest BCUT2D eigenvalue weighted by atomic mass is 14.7. The number of hydrogen-bond acceptors (Lipinski definition) is 0. The number of rotatable bonds is 4. The molecule has 2 nitrogen and oxygen atoms in total. The normalized spacial score (nSPS) is 13.3. The Kier molecular flexibility index (Phi) is 4.26. The Morgan fingerprint density at radius 1 is 1.05 bits per heavy atom. The fraction of sp³-hybridized carbons (Fsp3) is 0.111. The van der Waals surface area contributed by atoms with Crippen molar-refractivity contribution in [2.75, 3.05) is 0 Å². The van der Waals surface area contributed by atoms with Crippen molar-refractivity contribution in [2.45, 2.75) is 13.8 Å². The second-order valence-corrected chi connectivity index (χ2v) is 4.45. The first-order valence-corrected chi connectivity index (χ1v) is 6.70. The van der Waals surface area contributed by atoms with E-state index in [1.807, 2.05) is 50.5 Å². The summed E-state index contributed by atoms with van der Waals surface area (Å²) in [6.45, 7) is 11.7. The first kappa shape index (κ1) is 13.9. The molecule has 0 bridgehead atoms. The van der Waals surface area contributed by atoms with Gasteiger partial charge in [-0.05, 0) is 19.9 Å². The fourth-order valence-corrected chi connectivity index (χ4v) is 2.40. The second kappa shape index (κ2) is 6.11. The van der Waals surface area contributed by atoms with Crippen LogP contribution in [0.3, 0.4) is 0 Å². The van der Waals surface area contributed by atoms with E-state index in [0.717, 1.165) is 33.0 Å². The van der Waals surface area contributed by atoms with Crippen LogP contribution in [0.4, 0.5) is 0 Å². The highest BCUT2D eigenvalue weighted by molar-refractivity contribution is 5.80. The molecule has 0 aliphatic carbocycles. The van der Waals surface area contributed by atoms with Crippen molar-refractivity contribution in [3.63, 3.8) is 0 Å². The number of aromatic amines is 2. The van der Waals surface area contributed by atoms with Gasteiger partial charge in [-0.1, -0.05) is 43.5 Å². The van der Waals surface area contributed by atoms with E-state index >= 15 is 0 Å². The van der Waals surface area contributed by atoms with Gasteiger partial charge in [0.1, 0.15) is 0 Å². The molecule has 0 spiro atoms. The van der Waals surface area contributed by atoms with E-state index < -0.39 is 0 Å². The molecule has 0 radical (unpaired) electrons. The molecule has 2 aromatic rings. The number of hydrogen-bond donors (Lipinski definition) is 2. The summed E-state index contributed by atoms with van der Waals surface area (Å²) in [7, 11) is 0. The van der Waals surface area contributed by atoms with E-state index in [1.54, 1.807) is 0 Å². The van der Waals surface area contributed by atoms with Gasteiger partial charge in [-0.15, -0.1) is 0 Å². The average Bonchev–Trinajstić information content (AvgIpc) is 3.03. The SMILES string of the molecule is C=C/C=c1/c(-c2c[nH]c(C=C)c2/C=C\C)c[nH]/c1=C/C. The van der Waals surface area contributed by atoms with Crippen LogP contribution in [0.5, 0.6) is 0 Å². The van der Waals surface area contributed by atoms with E-state index in [2.05, 4.69) is 35.3 Å². The largest absolute Gasteiger partial charge is 0.361 e. The van der Waals surface area contributed by atoms with Crippen molar-refractivity contribution in [3.8, 4) is 11.1 Å². The molecule has 0 fully saturated rings. The molecule has 0 amide bonds. The molecular weight excluding hydrogens is 244 g/mol. The maximum Gasteiger partial charge on any atom is 0.0454 e. The zero-order chi connectivity index (χ0) is 14.5. The second-order valence-electron chi connectivity index (χ2n) is 4.45. The summed E-state index contributed by atoms with van der Waals surface area (Å²) < 4.78 is 0. The van der Waals surface area contributed by atoms with Gasteiger partial charge < -0.3 is 9.97 Å². The van der Waals surface area contributed by atoms with E-state index in [0.29, 0.717) is 0 Å². The third-order valence-electron chi connectivity index (χ3n) is 3.31. The van der Waals surface area contributed by atoms with Gasteiger partial charge in [0.05, 0.1) is 0 Å².